The van der Waals surface area contributed by atoms with Crippen LogP contribution >= 0.6 is 0 Å². The molecule has 0 unspecified atom stereocenters. The molecule has 0 aromatic heterocycles. The highest BCUT2D eigenvalue weighted by Crippen LogP contribution is 2.30. The van der Waals surface area contributed by atoms with E-state index in [1.807, 2.05) is 0 Å². The van der Waals surface area contributed by atoms with E-state index in [4.69, 9.17) is 9.47 Å². The molecular weight excluding hydrogens is 384 g/mol. The number of aromatic hydroxyl groups is 1. The highest BCUT2D eigenvalue weighted by molar-refractivity contribution is 7.89. The van der Waals surface area contributed by atoms with Gasteiger partial charge in [-0.1, -0.05) is 11.6 Å². The van der Waals surface area contributed by atoms with Crippen LogP contribution in [0, 0.1) is 6.92 Å². The summed E-state index contributed by atoms with van der Waals surface area (Å²) in [5, 5.41) is 12.6. The summed E-state index contributed by atoms with van der Waals surface area (Å²) < 4.78 is 37.8. The van der Waals surface area contributed by atoms with Crippen molar-refractivity contribution in [3.05, 3.63) is 47.5 Å². The van der Waals surface area contributed by atoms with Gasteiger partial charge >= 0.3 is 0 Å². The first-order chi connectivity index (χ1) is 13.3. The van der Waals surface area contributed by atoms with Gasteiger partial charge in [0, 0.05) is 18.8 Å². The fraction of sp³-hybridized carbons (Fsp3) is 0.316. The molecule has 1 aliphatic heterocycles. The van der Waals surface area contributed by atoms with Crippen LogP contribution in [0.2, 0.25) is 0 Å². The first kappa shape index (κ1) is 20.1. The van der Waals surface area contributed by atoms with Gasteiger partial charge in [0.15, 0.2) is 0 Å². The van der Waals surface area contributed by atoms with E-state index in [1.54, 1.807) is 25.1 Å². The number of anilines is 1. The Kier molecular flexibility index (Phi) is 5.87. The zero-order chi connectivity index (χ0) is 20.3. The van der Waals surface area contributed by atoms with Crippen molar-refractivity contribution in [1.29, 1.82) is 0 Å². The van der Waals surface area contributed by atoms with Crippen LogP contribution < -0.4 is 10.1 Å². The van der Waals surface area contributed by atoms with Gasteiger partial charge < -0.3 is 19.9 Å². The Morgan fingerprint density at radius 2 is 1.89 bits per heavy atom. The molecule has 9 heteroatoms. The normalized spacial score (nSPS) is 15.2. The fourth-order valence-electron chi connectivity index (χ4n) is 2.91. The van der Waals surface area contributed by atoms with Gasteiger partial charge in [0.1, 0.15) is 16.4 Å². The summed E-state index contributed by atoms with van der Waals surface area (Å²) in [4.78, 5) is 12.5. The summed E-state index contributed by atoms with van der Waals surface area (Å²) in [5.41, 5.74) is 1.19. The minimum Gasteiger partial charge on any atom is -0.507 e. The van der Waals surface area contributed by atoms with Crippen molar-refractivity contribution in [3.63, 3.8) is 0 Å². The molecule has 28 heavy (non-hydrogen) atoms. The molecule has 1 saturated heterocycles. The molecule has 0 saturated carbocycles. The molecule has 0 bridgehead atoms. The number of methoxy groups -OCH3 is 1. The van der Waals surface area contributed by atoms with Crippen LogP contribution in [0.4, 0.5) is 5.69 Å². The van der Waals surface area contributed by atoms with Gasteiger partial charge in [-0.05, 0) is 37.3 Å². The molecule has 0 radical (unpaired) electrons. The average Bonchev–Trinajstić information content (AvgIpc) is 2.70. The maximum Gasteiger partial charge on any atom is 0.259 e. The van der Waals surface area contributed by atoms with E-state index in [0.717, 1.165) is 5.56 Å². The zero-order valence-corrected chi connectivity index (χ0v) is 16.5. The monoisotopic (exact) mass is 406 g/mol. The van der Waals surface area contributed by atoms with E-state index >= 15 is 0 Å². The van der Waals surface area contributed by atoms with Crippen molar-refractivity contribution in [2.45, 2.75) is 11.8 Å². The van der Waals surface area contributed by atoms with Crippen LogP contribution in [0.1, 0.15) is 15.9 Å². The van der Waals surface area contributed by atoms with E-state index in [0.29, 0.717) is 13.2 Å². The van der Waals surface area contributed by atoms with Gasteiger partial charge in [0.25, 0.3) is 5.91 Å². The second-order valence-corrected chi connectivity index (χ2v) is 8.26. The van der Waals surface area contributed by atoms with Gasteiger partial charge in [-0.2, -0.15) is 4.31 Å². The van der Waals surface area contributed by atoms with Crippen molar-refractivity contribution >= 4 is 21.6 Å². The van der Waals surface area contributed by atoms with Crippen molar-refractivity contribution in [1.82, 2.24) is 4.31 Å². The number of phenols is 1. The minimum atomic E-state index is -3.81. The van der Waals surface area contributed by atoms with Crippen LogP contribution in [0.15, 0.2) is 41.3 Å². The number of ether oxygens (including phenoxy) is 2. The van der Waals surface area contributed by atoms with Crippen LogP contribution in [-0.4, -0.2) is 57.1 Å². The van der Waals surface area contributed by atoms with Crippen molar-refractivity contribution < 1.29 is 27.8 Å². The Balaban J connectivity index is 1.92. The summed E-state index contributed by atoms with van der Waals surface area (Å²) in [6, 6.07) is 9.06. The fourth-order valence-corrected chi connectivity index (χ4v) is 4.50. The van der Waals surface area contributed by atoms with Gasteiger partial charge in [-0.15, -0.1) is 0 Å². The minimum absolute atomic E-state index is 0.0387. The molecule has 8 nitrogen and oxygen atoms in total. The van der Waals surface area contributed by atoms with Gasteiger partial charge in [0.2, 0.25) is 10.0 Å². The molecule has 2 N–H and O–H groups in total. The molecule has 1 fully saturated rings. The van der Waals surface area contributed by atoms with Crippen molar-refractivity contribution in [3.8, 4) is 11.5 Å². The second-order valence-electron chi connectivity index (χ2n) is 6.36. The van der Waals surface area contributed by atoms with Gasteiger partial charge in [-0.3, -0.25) is 4.79 Å². The summed E-state index contributed by atoms with van der Waals surface area (Å²) in [7, 11) is -2.43. The number of aryl methyl sites for hydroxylation is 1. The number of nitrogens with zero attached hydrogens (tertiary/aromatic N) is 1. The first-order valence-corrected chi connectivity index (χ1v) is 10.1. The molecule has 1 amide bonds. The number of amides is 1. The number of nitrogens with one attached hydrogen (secondary N) is 1. The standard InChI is InChI=1S/C19H22N2O6S/c1-13-3-5-16(22)15(11-13)19(23)20-14-4-6-17(26-2)18(12-14)28(24,25)21-7-9-27-10-8-21/h3-6,11-12,22H,7-10H2,1-2H3,(H,20,23). The molecule has 0 aliphatic carbocycles. The number of hydrogen-bond donors (Lipinski definition) is 2. The maximum absolute atomic E-state index is 13.0. The lowest BCUT2D eigenvalue weighted by Crippen LogP contribution is -2.40. The van der Waals surface area contributed by atoms with E-state index in [9.17, 15) is 18.3 Å². The van der Waals surface area contributed by atoms with Gasteiger partial charge in [0.05, 0.1) is 25.9 Å². The lowest BCUT2D eigenvalue weighted by molar-refractivity contribution is 0.0729. The predicted octanol–water partition coefficient (Wildman–Crippen LogP) is 1.98. The largest absolute Gasteiger partial charge is 0.507 e. The number of carbonyl (C=O) groups is 1. The lowest BCUT2D eigenvalue weighted by Gasteiger charge is -2.26. The third kappa shape index (κ3) is 4.11. The Morgan fingerprint density at radius 3 is 2.57 bits per heavy atom. The molecule has 2 aromatic carbocycles. The first-order valence-electron chi connectivity index (χ1n) is 8.70. The number of hydrogen-bond acceptors (Lipinski definition) is 6. The van der Waals surface area contributed by atoms with Crippen molar-refractivity contribution in [2.24, 2.45) is 0 Å². The molecule has 0 spiro atoms. The number of sulfonamides is 1. The summed E-state index contributed by atoms with van der Waals surface area (Å²) in [5.74, 6) is -0.512. The number of rotatable bonds is 5. The van der Waals surface area contributed by atoms with Crippen LogP contribution in [-0.2, 0) is 14.8 Å². The third-order valence-electron chi connectivity index (χ3n) is 4.41. The number of morpholine rings is 1. The SMILES string of the molecule is COc1ccc(NC(=O)c2cc(C)ccc2O)cc1S(=O)(=O)N1CCOCC1. The number of benzene rings is 2. The number of phenolic OH excluding ortho intramolecular Hbond substituents is 1. The Morgan fingerprint density at radius 1 is 1.18 bits per heavy atom. The quantitative estimate of drug-likeness (QED) is 0.787. The topological polar surface area (TPSA) is 105 Å². The smallest absolute Gasteiger partial charge is 0.259 e. The van der Waals surface area contributed by atoms with E-state index < -0.39 is 15.9 Å². The molecule has 1 heterocycles. The molecular formula is C19H22N2O6S. The number of carbonyl (C=O) groups excluding carboxylic acids is 1. The molecule has 3 rings (SSSR count). The molecule has 150 valence electrons. The summed E-state index contributed by atoms with van der Waals surface area (Å²) >= 11 is 0. The summed E-state index contributed by atoms with van der Waals surface area (Å²) in [6.45, 7) is 2.95. The predicted molar refractivity (Wildman–Crippen MR) is 103 cm³/mol. The average molecular weight is 406 g/mol. The lowest BCUT2D eigenvalue weighted by atomic mass is 10.1. The van der Waals surface area contributed by atoms with Crippen molar-refractivity contribution in [2.75, 3.05) is 38.7 Å². The molecule has 2 aromatic rings. The van der Waals surface area contributed by atoms with E-state index in [2.05, 4.69) is 5.32 Å². The maximum atomic E-state index is 13.0. The highest BCUT2D eigenvalue weighted by Gasteiger charge is 2.29. The van der Waals surface area contributed by atoms with Gasteiger partial charge in [-0.25, -0.2) is 8.42 Å². The van der Waals surface area contributed by atoms with E-state index in [1.165, 1.54) is 29.6 Å². The highest BCUT2D eigenvalue weighted by atomic mass is 32.2. The third-order valence-corrected chi connectivity index (χ3v) is 6.33. The van der Waals surface area contributed by atoms with Crippen LogP contribution in [0.5, 0.6) is 11.5 Å². The Hall–Kier alpha value is -2.62. The molecule has 0 atom stereocenters. The Labute approximate surface area is 163 Å². The Bertz CT molecular complexity index is 984. The summed E-state index contributed by atoms with van der Waals surface area (Å²) in [6.07, 6.45) is 0. The van der Waals surface area contributed by atoms with E-state index in [-0.39, 0.29) is 40.7 Å². The van der Waals surface area contributed by atoms with Crippen LogP contribution in [0.3, 0.4) is 0 Å². The molecule has 1 aliphatic rings. The zero-order valence-electron chi connectivity index (χ0n) is 15.6. The van der Waals surface area contributed by atoms with Crippen LogP contribution in [0.25, 0.3) is 0 Å². The second kappa shape index (κ2) is 8.17.